The molecule has 0 spiro atoms. The van der Waals surface area contributed by atoms with Crippen LogP contribution in [0.5, 0.6) is 0 Å². The Labute approximate surface area is 77.5 Å². The highest BCUT2D eigenvalue weighted by atomic mass is 15.2. The molecule has 0 aliphatic carbocycles. The molecule has 0 bridgehead atoms. The highest BCUT2D eigenvalue weighted by Crippen LogP contribution is 2.25. The molecule has 1 heteroatoms. The number of rotatable bonds is 0. The van der Waals surface area contributed by atoms with E-state index in [0.29, 0.717) is 17.6 Å². The third-order valence-corrected chi connectivity index (χ3v) is 2.32. The normalized spacial score (nSPS) is 30.4. The van der Waals surface area contributed by atoms with Crippen molar-refractivity contribution in [3.8, 4) is 0 Å². The second kappa shape index (κ2) is 3.61. The fourth-order valence-corrected chi connectivity index (χ4v) is 2.10. The Morgan fingerprint density at radius 3 is 1.50 bits per heavy atom. The highest BCUT2D eigenvalue weighted by Gasteiger charge is 2.31. The average Bonchev–Trinajstić information content (AvgIpc) is 2.08. The largest absolute Gasteiger partial charge is 0.286 e. The molecule has 0 aromatic heterocycles. The smallest absolute Gasteiger partial charge is 0.0261 e. The molecule has 0 aromatic carbocycles. The molecule has 0 amide bonds. The summed E-state index contributed by atoms with van der Waals surface area (Å²) < 4.78 is 0. The van der Waals surface area contributed by atoms with Gasteiger partial charge < -0.3 is 0 Å². The van der Waals surface area contributed by atoms with Crippen molar-refractivity contribution in [3.05, 3.63) is 12.2 Å². The molecule has 1 rings (SSSR count). The fourth-order valence-electron chi connectivity index (χ4n) is 2.10. The first-order chi connectivity index (χ1) is 4.93. The minimum atomic E-state index is 0. The van der Waals surface area contributed by atoms with Crippen molar-refractivity contribution >= 4 is 0 Å². The molecular weight excluding hydrogens is 146 g/mol. The Bertz CT molecular complexity index is 152. The SMILES string of the molecule is C.CC1C=CC(C)N1C(C)(C)C. The maximum Gasteiger partial charge on any atom is 0.0261 e. The zero-order chi connectivity index (χ0) is 8.65. The topological polar surface area (TPSA) is 3.24 Å². The lowest BCUT2D eigenvalue weighted by atomic mass is 10.0. The van der Waals surface area contributed by atoms with E-state index in [-0.39, 0.29) is 7.43 Å². The Balaban J connectivity index is 0.00000121. The molecule has 0 aromatic rings. The van der Waals surface area contributed by atoms with Crippen molar-refractivity contribution in [2.75, 3.05) is 0 Å². The van der Waals surface area contributed by atoms with Crippen LogP contribution in [-0.4, -0.2) is 22.5 Å². The molecule has 2 atom stereocenters. The van der Waals surface area contributed by atoms with Crippen LogP contribution in [0, 0.1) is 0 Å². The zero-order valence-corrected chi connectivity index (χ0v) is 8.26. The predicted molar refractivity (Wildman–Crippen MR) is 56.4 cm³/mol. The van der Waals surface area contributed by atoms with E-state index in [2.05, 4.69) is 51.7 Å². The third-order valence-electron chi connectivity index (χ3n) is 2.32. The first-order valence-electron chi connectivity index (χ1n) is 4.39. The maximum atomic E-state index is 2.52. The van der Waals surface area contributed by atoms with Crippen LogP contribution in [0.15, 0.2) is 12.2 Å². The van der Waals surface area contributed by atoms with Gasteiger partial charge in [0.1, 0.15) is 0 Å². The number of hydrogen-bond donors (Lipinski definition) is 0. The van der Waals surface area contributed by atoms with Crippen molar-refractivity contribution in [2.24, 2.45) is 0 Å². The molecule has 0 saturated carbocycles. The molecule has 12 heavy (non-hydrogen) atoms. The van der Waals surface area contributed by atoms with Gasteiger partial charge in [-0.1, -0.05) is 19.6 Å². The van der Waals surface area contributed by atoms with Gasteiger partial charge in [0.05, 0.1) is 0 Å². The molecule has 2 unspecified atom stereocenters. The lowest BCUT2D eigenvalue weighted by Crippen LogP contribution is -2.47. The third kappa shape index (κ3) is 2.10. The Hall–Kier alpha value is -0.300. The Morgan fingerprint density at radius 2 is 1.33 bits per heavy atom. The minimum absolute atomic E-state index is 0. The van der Waals surface area contributed by atoms with E-state index in [0.717, 1.165) is 0 Å². The first-order valence-corrected chi connectivity index (χ1v) is 4.39. The van der Waals surface area contributed by atoms with Crippen LogP contribution in [0.3, 0.4) is 0 Å². The summed E-state index contributed by atoms with van der Waals surface area (Å²) >= 11 is 0. The summed E-state index contributed by atoms with van der Waals surface area (Å²) in [5.74, 6) is 0. The van der Waals surface area contributed by atoms with Crippen LogP contribution in [0.25, 0.3) is 0 Å². The van der Waals surface area contributed by atoms with Gasteiger partial charge >= 0.3 is 0 Å². The molecule has 72 valence electrons. The van der Waals surface area contributed by atoms with Gasteiger partial charge in [0, 0.05) is 17.6 Å². The molecule has 0 fully saturated rings. The van der Waals surface area contributed by atoms with Gasteiger partial charge in [-0.2, -0.15) is 0 Å². The van der Waals surface area contributed by atoms with Gasteiger partial charge in [-0.05, 0) is 34.6 Å². The van der Waals surface area contributed by atoms with Gasteiger partial charge in [-0.15, -0.1) is 0 Å². The van der Waals surface area contributed by atoms with Crippen molar-refractivity contribution in [3.63, 3.8) is 0 Å². The fraction of sp³-hybridized carbons (Fsp3) is 0.818. The summed E-state index contributed by atoms with van der Waals surface area (Å²) in [6, 6.07) is 1.20. The summed E-state index contributed by atoms with van der Waals surface area (Å²) in [4.78, 5) is 2.52. The van der Waals surface area contributed by atoms with Crippen molar-refractivity contribution in [2.45, 2.75) is 59.7 Å². The van der Waals surface area contributed by atoms with E-state index in [4.69, 9.17) is 0 Å². The van der Waals surface area contributed by atoms with Crippen LogP contribution in [0.4, 0.5) is 0 Å². The minimum Gasteiger partial charge on any atom is -0.286 e. The molecule has 0 radical (unpaired) electrons. The van der Waals surface area contributed by atoms with E-state index in [1.807, 2.05) is 0 Å². The van der Waals surface area contributed by atoms with Crippen molar-refractivity contribution in [1.29, 1.82) is 0 Å². The quantitative estimate of drug-likeness (QED) is 0.504. The van der Waals surface area contributed by atoms with Gasteiger partial charge in [0.2, 0.25) is 0 Å². The zero-order valence-electron chi connectivity index (χ0n) is 8.26. The summed E-state index contributed by atoms with van der Waals surface area (Å²) in [6.07, 6.45) is 4.58. The molecule has 1 heterocycles. The average molecular weight is 169 g/mol. The Kier molecular flexibility index (Phi) is 3.52. The van der Waals surface area contributed by atoms with Crippen LogP contribution >= 0.6 is 0 Å². The predicted octanol–water partition coefficient (Wildman–Crippen LogP) is 3.07. The van der Waals surface area contributed by atoms with Gasteiger partial charge in [-0.25, -0.2) is 0 Å². The summed E-state index contributed by atoms with van der Waals surface area (Å²) in [7, 11) is 0. The van der Waals surface area contributed by atoms with E-state index in [9.17, 15) is 0 Å². The van der Waals surface area contributed by atoms with E-state index in [1.54, 1.807) is 0 Å². The highest BCUT2D eigenvalue weighted by molar-refractivity contribution is 5.10. The van der Waals surface area contributed by atoms with E-state index in [1.165, 1.54) is 0 Å². The molecule has 0 N–H and O–H groups in total. The van der Waals surface area contributed by atoms with Gasteiger partial charge in [-0.3, -0.25) is 4.90 Å². The molecule has 1 nitrogen and oxygen atoms in total. The lowest BCUT2D eigenvalue weighted by Gasteiger charge is -2.39. The summed E-state index contributed by atoms with van der Waals surface area (Å²) in [5.41, 5.74) is 0.294. The van der Waals surface area contributed by atoms with E-state index >= 15 is 0 Å². The monoisotopic (exact) mass is 169 g/mol. The van der Waals surface area contributed by atoms with Crippen LogP contribution in [0.2, 0.25) is 0 Å². The summed E-state index contributed by atoms with van der Waals surface area (Å²) in [6.45, 7) is 11.3. The molecule has 1 aliphatic heterocycles. The summed E-state index contributed by atoms with van der Waals surface area (Å²) in [5, 5.41) is 0. The van der Waals surface area contributed by atoms with Gasteiger partial charge in [0.25, 0.3) is 0 Å². The van der Waals surface area contributed by atoms with Crippen molar-refractivity contribution in [1.82, 2.24) is 4.90 Å². The van der Waals surface area contributed by atoms with Crippen molar-refractivity contribution < 1.29 is 0 Å². The first kappa shape index (κ1) is 11.7. The molecular formula is C11H23N. The van der Waals surface area contributed by atoms with Gasteiger partial charge in [0.15, 0.2) is 0 Å². The standard InChI is InChI=1S/C10H19N.CH4/c1-8-6-7-9(2)11(8)10(3,4)5;/h6-9H,1-5H3;1H4. The number of hydrogen-bond acceptors (Lipinski definition) is 1. The lowest BCUT2D eigenvalue weighted by molar-refractivity contribution is 0.102. The Morgan fingerprint density at radius 1 is 1.00 bits per heavy atom. The molecule has 0 saturated heterocycles. The van der Waals surface area contributed by atoms with Crippen LogP contribution < -0.4 is 0 Å². The van der Waals surface area contributed by atoms with Crippen LogP contribution in [-0.2, 0) is 0 Å². The number of nitrogens with zero attached hydrogens (tertiary/aromatic N) is 1. The van der Waals surface area contributed by atoms with E-state index < -0.39 is 0 Å². The second-order valence-corrected chi connectivity index (χ2v) is 4.44. The maximum absolute atomic E-state index is 2.52. The van der Waals surface area contributed by atoms with Crippen LogP contribution in [0.1, 0.15) is 42.0 Å². The second-order valence-electron chi connectivity index (χ2n) is 4.44. The molecule has 1 aliphatic rings.